The lowest BCUT2D eigenvalue weighted by Gasteiger charge is -2.34. The predicted molar refractivity (Wildman–Crippen MR) is 97.1 cm³/mol. The molecule has 0 spiro atoms. The molecule has 6 heteroatoms. The molecule has 2 aliphatic rings. The van der Waals surface area contributed by atoms with Crippen molar-refractivity contribution in [2.24, 2.45) is 0 Å². The highest BCUT2D eigenvalue weighted by molar-refractivity contribution is 5.73. The van der Waals surface area contributed by atoms with E-state index in [2.05, 4.69) is 28.2 Å². The predicted octanol–water partition coefficient (Wildman–Crippen LogP) is 1.13. The first-order valence-electron chi connectivity index (χ1n) is 9.30. The van der Waals surface area contributed by atoms with Crippen LogP contribution in [0.5, 0.6) is 0 Å². The minimum absolute atomic E-state index is 0.0937. The van der Waals surface area contributed by atoms with Gasteiger partial charge in [-0.1, -0.05) is 11.6 Å². The van der Waals surface area contributed by atoms with Gasteiger partial charge in [-0.25, -0.2) is 4.79 Å². The Morgan fingerprint density at radius 3 is 2.75 bits per heavy atom. The molecule has 0 aromatic carbocycles. The number of carbonyl (C=O) groups is 1. The van der Waals surface area contributed by atoms with E-state index in [-0.39, 0.29) is 6.03 Å². The first-order valence-corrected chi connectivity index (χ1v) is 9.30. The molecular formula is C18H34N4O2. The van der Waals surface area contributed by atoms with Gasteiger partial charge in [0.15, 0.2) is 0 Å². The fourth-order valence-corrected chi connectivity index (χ4v) is 3.38. The van der Waals surface area contributed by atoms with E-state index in [1.165, 1.54) is 31.3 Å². The monoisotopic (exact) mass is 338 g/mol. The van der Waals surface area contributed by atoms with E-state index in [0.717, 1.165) is 32.6 Å². The Bertz CT molecular complexity index is 419. The van der Waals surface area contributed by atoms with Gasteiger partial charge in [0.2, 0.25) is 0 Å². The van der Waals surface area contributed by atoms with Gasteiger partial charge in [-0.05, 0) is 39.2 Å². The number of urea groups is 1. The van der Waals surface area contributed by atoms with Gasteiger partial charge in [-0.3, -0.25) is 4.90 Å². The Morgan fingerprint density at radius 1 is 1.33 bits per heavy atom. The van der Waals surface area contributed by atoms with Crippen molar-refractivity contribution in [3.05, 3.63) is 11.6 Å². The number of aliphatic hydroxyl groups excluding tert-OH is 1. The zero-order chi connectivity index (χ0) is 17.4. The molecule has 1 fully saturated rings. The normalized spacial score (nSPS) is 21.2. The van der Waals surface area contributed by atoms with Crippen molar-refractivity contribution in [3.63, 3.8) is 0 Å². The summed E-state index contributed by atoms with van der Waals surface area (Å²) in [5, 5.41) is 13.2. The van der Waals surface area contributed by atoms with E-state index < -0.39 is 6.10 Å². The standard InChI is InChI=1S/C18H34N4O2/c1-20-10-12-22(13-11-20)15-17(23)14-21(2)18(24)19-9-8-16-6-4-3-5-7-16/h6,17,23H,3-5,7-15H2,1-2H3,(H,19,24). The number of piperazine rings is 1. The molecule has 1 aliphatic carbocycles. The van der Waals surface area contributed by atoms with Crippen molar-refractivity contribution in [2.45, 2.75) is 38.2 Å². The van der Waals surface area contributed by atoms with Crippen LogP contribution in [0.3, 0.4) is 0 Å². The second kappa shape index (κ2) is 10.0. The Kier molecular flexibility index (Phi) is 8.02. The maximum Gasteiger partial charge on any atom is 0.317 e. The number of aliphatic hydroxyl groups is 1. The number of hydrogen-bond donors (Lipinski definition) is 2. The highest BCUT2D eigenvalue weighted by atomic mass is 16.3. The van der Waals surface area contributed by atoms with Gasteiger partial charge in [-0.15, -0.1) is 0 Å². The van der Waals surface area contributed by atoms with Crippen LogP contribution >= 0.6 is 0 Å². The van der Waals surface area contributed by atoms with E-state index in [9.17, 15) is 9.90 Å². The molecule has 1 saturated heterocycles. The molecule has 2 rings (SSSR count). The molecule has 1 aliphatic heterocycles. The molecule has 138 valence electrons. The molecule has 24 heavy (non-hydrogen) atoms. The molecule has 0 saturated carbocycles. The van der Waals surface area contributed by atoms with Crippen LogP contribution in [-0.2, 0) is 0 Å². The number of nitrogens with one attached hydrogen (secondary N) is 1. The van der Waals surface area contributed by atoms with Gasteiger partial charge >= 0.3 is 6.03 Å². The fraction of sp³-hybridized carbons (Fsp3) is 0.833. The number of hydrogen-bond acceptors (Lipinski definition) is 4. The van der Waals surface area contributed by atoms with Crippen LogP contribution in [0.4, 0.5) is 4.79 Å². The molecule has 1 heterocycles. The number of carbonyl (C=O) groups excluding carboxylic acids is 1. The second-order valence-corrected chi connectivity index (χ2v) is 7.23. The lowest BCUT2D eigenvalue weighted by Crippen LogP contribution is -2.49. The van der Waals surface area contributed by atoms with E-state index >= 15 is 0 Å². The van der Waals surface area contributed by atoms with Crippen LogP contribution < -0.4 is 5.32 Å². The summed E-state index contributed by atoms with van der Waals surface area (Å²) in [6.07, 6.45) is 7.70. The van der Waals surface area contributed by atoms with E-state index in [4.69, 9.17) is 0 Å². The average Bonchev–Trinajstić information content (AvgIpc) is 2.57. The van der Waals surface area contributed by atoms with Crippen molar-refractivity contribution >= 4 is 6.03 Å². The number of amides is 2. The van der Waals surface area contributed by atoms with E-state index in [0.29, 0.717) is 19.6 Å². The minimum atomic E-state index is -0.495. The number of allylic oxidation sites excluding steroid dienone is 1. The van der Waals surface area contributed by atoms with Gasteiger partial charge in [0, 0.05) is 52.9 Å². The number of nitrogens with zero attached hydrogens (tertiary/aromatic N) is 3. The van der Waals surface area contributed by atoms with Crippen LogP contribution in [0.1, 0.15) is 32.1 Å². The Morgan fingerprint density at radius 2 is 2.08 bits per heavy atom. The molecule has 2 amide bonds. The maximum absolute atomic E-state index is 12.1. The van der Waals surface area contributed by atoms with Crippen molar-refractivity contribution in [1.29, 1.82) is 0 Å². The Hall–Kier alpha value is -1.11. The summed E-state index contributed by atoms with van der Waals surface area (Å²) in [7, 11) is 3.87. The lowest BCUT2D eigenvalue weighted by molar-refractivity contribution is 0.0658. The van der Waals surface area contributed by atoms with Crippen LogP contribution in [0.25, 0.3) is 0 Å². The van der Waals surface area contributed by atoms with Crippen molar-refractivity contribution < 1.29 is 9.90 Å². The van der Waals surface area contributed by atoms with Crippen LogP contribution in [0, 0.1) is 0 Å². The quantitative estimate of drug-likeness (QED) is 0.683. The summed E-state index contributed by atoms with van der Waals surface area (Å²) in [6.45, 7) is 5.75. The molecule has 0 bridgehead atoms. The summed E-state index contributed by atoms with van der Waals surface area (Å²) in [4.78, 5) is 18.3. The molecule has 1 atom stereocenters. The summed E-state index contributed by atoms with van der Waals surface area (Å²) < 4.78 is 0. The summed E-state index contributed by atoms with van der Waals surface area (Å²) in [5.41, 5.74) is 1.47. The third-order valence-corrected chi connectivity index (χ3v) is 5.00. The molecule has 1 unspecified atom stereocenters. The second-order valence-electron chi connectivity index (χ2n) is 7.23. The highest BCUT2D eigenvalue weighted by Crippen LogP contribution is 2.19. The van der Waals surface area contributed by atoms with Crippen molar-refractivity contribution in [2.75, 3.05) is 59.9 Å². The van der Waals surface area contributed by atoms with E-state index in [1.54, 1.807) is 11.9 Å². The molecular weight excluding hydrogens is 304 g/mol. The van der Waals surface area contributed by atoms with Crippen molar-refractivity contribution in [1.82, 2.24) is 20.0 Å². The van der Waals surface area contributed by atoms with Crippen LogP contribution in [0.2, 0.25) is 0 Å². The fourth-order valence-electron chi connectivity index (χ4n) is 3.38. The third-order valence-electron chi connectivity index (χ3n) is 5.00. The topological polar surface area (TPSA) is 59.1 Å². The number of β-amino-alcohol motifs (C(OH)–C–C–N with tert-alkyl or cyclic N) is 1. The molecule has 0 radical (unpaired) electrons. The zero-order valence-electron chi connectivity index (χ0n) is 15.3. The number of likely N-dealkylation sites (N-methyl/N-ethyl adjacent to an activating group) is 2. The summed E-state index contributed by atoms with van der Waals surface area (Å²) in [5.74, 6) is 0. The van der Waals surface area contributed by atoms with Gasteiger partial charge in [-0.2, -0.15) is 0 Å². The molecule has 0 aromatic rings. The molecule has 0 aromatic heterocycles. The van der Waals surface area contributed by atoms with Gasteiger partial charge < -0.3 is 20.2 Å². The molecule has 2 N–H and O–H groups in total. The third kappa shape index (κ3) is 6.79. The average molecular weight is 338 g/mol. The highest BCUT2D eigenvalue weighted by Gasteiger charge is 2.19. The minimum Gasteiger partial charge on any atom is -0.390 e. The lowest BCUT2D eigenvalue weighted by atomic mass is 9.97. The first kappa shape index (κ1) is 19.2. The Balaban J connectivity index is 1.60. The van der Waals surface area contributed by atoms with Crippen LogP contribution in [0.15, 0.2) is 11.6 Å². The zero-order valence-corrected chi connectivity index (χ0v) is 15.3. The van der Waals surface area contributed by atoms with Crippen molar-refractivity contribution in [3.8, 4) is 0 Å². The maximum atomic E-state index is 12.1. The van der Waals surface area contributed by atoms with Crippen LogP contribution in [-0.4, -0.2) is 91.8 Å². The smallest absolute Gasteiger partial charge is 0.317 e. The SMILES string of the molecule is CN1CCN(CC(O)CN(C)C(=O)NCCC2=CCCCC2)CC1. The Labute approximate surface area is 146 Å². The first-order chi connectivity index (χ1) is 11.5. The van der Waals surface area contributed by atoms with E-state index in [1.807, 2.05) is 0 Å². The summed E-state index contributed by atoms with van der Waals surface area (Å²) >= 11 is 0. The van der Waals surface area contributed by atoms with Gasteiger partial charge in [0.25, 0.3) is 0 Å². The largest absolute Gasteiger partial charge is 0.390 e. The van der Waals surface area contributed by atoms with Gasteiger partial charge in [0.1, 0.15) is 0 Å². The number of rotatable bonds is 7. The van der Waals surface area contributed by atoms with Gasteiger partial charge in [0.05, 0.1) is 6.10 Å². The molecule has 6 nitrogen and oxygen atoms in total. The summed E-state index contributed by atoms with van der Waals surface area (Å²) in [6, 6.07) is -0.0937.